The Labute approximate surface area is 191 Å². The van der Waals surface area contributed by atoms with Crippen LogP contribution in [0, 0.1) is 11.6 Å². The third-order valence-corrected chi connectivity index (χ3v) is 4.54. The zero-order valence-electron chi connectivity index (χ0n) is 17.4. The number of tetrazole rings is 1. The summed E-state index contributed by atoms with van der Waals surface area (Å²) in [5, 5.41) is 13.3. The average Bonchev–Trinajstić information content (AvgIpc) is 3.39. The monoisotopic (exact) mass is 465 g/mol. The third kappa shape index (κ3) is 5.48. The second-order valence-corrected chi connectivity index (χ2v) is 6.86. The first-order chi connectivity index (χ1) is 16.5. The molecule has 0 saturated carbocycles. The Morgan fingerprint density at radius 3 is 2.38 bits per heavy atom. The number of hydrazine groups is 1. The molecule has 3 amide bonds. The highest BCUT2D eigenvalue weighted by Crippen LogP contribution is 2.27. The van der Waals surface area contributed by atoms with Gasteiger partial charge in [0, 0.05) is 12.1 Å². The first-order valence-corrected chi connectivity index (χ1v) is 9.88. The van der Waals surface area contributed by atoms with Gasteiger partial charge in [0.2, 0.25) is 0 Å². The van der Waals surface area contributed by atoms with Crippen molar-refractivity contribution in [1.82, 2.24) is 36.4 Å². The van der Waals surface area contributed by atoms with E-state index in [1.54, 1.807) is 30.3 Å². The van der Waals surface area contributed by atoms with Crippen LogP contribution in [-0.4, -0.2) is 32.1 Å². The molecular weight excluding hydrogens is 448 g/mol. The molecule has 0 aliphatic heterocycles. The van der Waals surface area contributed by atoms with Crippen LogP contribution >= 0.6 is 0 Å². The maximum atomic E-state index is 14.3. The molecule has 0 bridgehead atoms. The fourth-order valence-corrected chi connectivity index (χ4v) is 2.84. The second kappa shape index (κ2) is 10.2. The van der Waals surface area contributed by atoms with Crippen LogP contribution in [0.25, 0.3) is 5.69 Å². The summed E-state index contributed by atoms with van der Waals surface area (Å²) in [6.07, 6.45) is 1.41. The van der Waals surface area contributed by atoms with Gasteiger partial charge in [-0.05, 0) is 64.5 Å². The zero-order valence-corrected chi connectivity index (χ0v) is 17.4. The number of carbonyl (C=O) groups excluding carboxylic acids is 2. The van der Waals surface area contributed by atoms with Crippen molar-refractivity contribution >= 4 is 11.9 Å². The lowest BCUT2D eigenvalue weighted by atomic mass is 10.2. The summed E-state index contributed by atoms with van der Waals surface area (Å²) in [5.74, 6) is -2.14. The molecule has 3 N–H and O–H groups in total. The van der Waals surface area contributed by atoms with E-state index in [1.807, 2.05) is 0 Å². The summed E-state index contributed by atoms with van der Waals surface area (Å²) in [4.78, 5) is 24.2. The standard InChI is InChI=1S/C22H17F2N7O3/c23-17-3-1-2-4-19(17)34-20-10-5-14(11-18(20)24)12-25-22(33)28-27-21(32)15-6-8-16(9-7-15)31-13-26-29-30-31/h1-11,13H,12H2,(H,27,32)(H2,25,28,33). The molecule has 34 heavy (non-hydrogen) atoms. The van der Waals surface area contributed by atoms with Crippen molar-refractivity contribution in [2.45, 2.75) is 6.54 Å². The van der Waals surface area contributed by atoms with Gasteiger partial charge >= 0.3 is 6.03 Å². The predicted octanol–water partition coefficient (Wildman–Crippen LogP) is 2.88. The highest BCUT2D eigenvalue weighted by atomic mass is 19.1. The lowest BCUT2D eigenvalue weighted by Crippen LogP contribution is -2.46. The first-order valence-electron chi connectivity index (χ1n) is 9.88. The second-order valence-electron chi connectivity index (χ2n) is 6.86. The Balaban J connectivity index is 1.25. The van der Waals surface area contributed by atoms with Gasteiger partial charge in [0.05, 0.1) is 5.69 Å². The van der Waals surface area contributed by atoms with E-state index in [0.29, 0.717) is 16.8 Å². The lowest BCUT2D eigenvalue weighted by molar-refractivity contribution is 0.0936. The van der Waals surface area contributed by atoms with Gasteiger partial charge in [-0.15, -0.1) is 5.10 Å². The molecule has 0 aliphatic carbocycles. The summed E-state index contributed by atoms with van der Waals surface area (Å²) in [7, 11) is 0. The minimum absolute atomic E-state index is 0.0285. The fraction of sp³-hybridized carbons (Fsp3) is 0.0455. The van der Waals surface area contributed by atoms with Crippen molar-refractivity contribution < 1.29 is 23.1 Å². The SMILES string of the molecule is O=C(NCc1ccc(Oc2ccccc2F)c(F)c1)NNC(=O)c1ccc(-n2cnnn2)cc1. The molecule has 10 nitrogen and oxygen atoms in total. The lowest BCUT2D eigenvalue weighted by Gasteiger charge is -2.11. The van der Waals surface area contributed by atoms with Gasteiger partial charge in [0.1, 0.15) is 6.33 Å². The van der Waals surface area contributed by atoms with Crippen molar-refractivity contribution in [3.63, 3.8) is 0 Å². The van der Waals surface area contributed by atoms with E-state index >= 15 is 0 Å². The number of amides is 3. The van der Waals surface area contributed by atoms with E-state index < -0.39 is 23.6 Å². The molecule has 3 aromatic carbocycles. The van der Waals surface area contributed by atoms with E-state index in [9.17, 15) is 18.4 Å². The molecule has 4 aromatic rings. The van der Waals surface area contributed by atoms with Gasteiger partial charge in [-0.1, -0.05) is 18.2 Å². The van der Waals surface area contributed by atoms with Crippen molar-refractivity contribution in [2.75, 3.05) is 0 Å². The summed E-state index contributed by atoms with van der Waals surface area (Å²) in [5.41, 5.74) is 5.86. The van der Waals surface area contributed by atoms with Crippen LogP contribution in [0.2, 0.25) is 0 Å². The van der Waals surface area contributed by atoms with Gasteiger partial charge in [-0.3, -0.25) is 10.2 Å². The normalized spacial score (nSPS) is 10.4. The number of ether oxygens (including phenoxy) is 1. The van der Waals surface area contributed by atoms with Crippen molar-refractivity contribution in [1.29, 1.82) is 0 Å². The number of urea groups is 1. The third-order valence-electron chi connectivity index (χ3n) is 4.54. The van der Waals surface area contributed by atoms with Gasteiger partial charge < -0.3 is 10.1 Å². The van der Waals surface area contributed by atoms with Gasteiger partial charge in [0.25, 0.3) is 5.91 Å². The smallest absolute Gasteiger partial charge is 0.333 e. The Hall–Kier alpha value is -4.87. The summed E-state index contributed by atoms with van der Waals surface area (Å²) < 4.78 is 34.6. The van der Waals surface area contributed by atoms with Crippen molar-refractivity contribution in [2.24, 2.45) is 0 Å². The van der Waals surface area contributed by atoms with Crippen LogP contribution in [-0.2, 0) is 6.54 Å². The number of halogens is 2. The Kier molecular flexibility index (Phi) is 6.68. The predicted molar refractivity (Wildman–Crippen MR) is 115 cm³/mol. The maximum Gasteiger partial charge on any atom is 0.333 e. The number of benzene rings is 3. The van der Waals surface area contributed by atoms with Gasteiger partial charge in [0.15, 0.2) is 23.1 Å². The number of hydrogen-bond donors (Lipinski definition) is 3. The van der Waals surface area contributed by atoms with Crippen LogP contribution in [0.4, 0.5) is 13.6 Å². The molecular formula is C22H17F2N7O3. The summed E-state index contributed by atoms with van der Waals surface area (Å²) >= 11 is 0. The van der Waals surface area contributed by atoms with Gasteiger partial charge in [-0.2, -0.15) is 0 Å². The number of carbonyl (C=O) groups is 2. The number of nitrogens with one attached hydrogen (secondary N) is 3. The van der Waals surface area contributed by atoms with Crippen LogP contribution in [0.1, 0.15) is 15.9 Å². The fourth-order valence-electron chi connectivity index (χ4n) is 2.84. The summed E-state index contributed by atoms with van der Waals surface area (Å²) in [6.45, 7) is -0.0285. The number of aromatic nitrogens is 4. The van der Waals surface area contributed by atoms with E-state index in [1.165, 1.54) is 41.3 Å². The van der Waals surface area contributed by atoms with E-state index in [2.05, 4.69) is 31.7 Å². The van der Waals surface area contributed by atoms with Crippen molar-refractivity contribution in [3.05, 3.63) is 95.8 Å². The Morgan fingerprint density at radius 1 is 0.912 bits per heavy atom. The number of hydrogen-bond acceptors (Lipinski definition) is 6. The van der Waals surface area contributed by atoms with Crippen LogP contribution < -0.4 is 20.9 Å². The average molecular weight is 465 g/mol. The largest absolute Gasteiger partial charge is 0.451 e. The number of rotatable bonds is 6. The maximum absolute atomic E-state index is 14.3. The topological polar surface area (TPSA) is 123 Å². The number of nitrogens with zero attached hydrogens (tertiary/aromatic N) is 4. The highest BCUT2D eigenvalue weighted by Gasteiger charge is 2.11. The molecule has 172 valence electrons. The van der Waals surface area contributed by atoms with Crippen LogP contribution in [0.3, 0.4) is 0 Å². The molecule has 1 heterocycles. The molecule has 12 heteroatoms. The Morgan fingerprint density at radius 2 is 1.68 bits per heavy atom. The first kappa shape index (κ1) is 22.3. The molecule has 0 aliphatic rings. The van der Waals surface area contributed by atoms with Gasteiger partial charge in [-0.25, -0.2) is 23.7 Å². The molecule has 4 rings (SSSR count). The molecule has 0 spiro atoms. The quantitative estimate of drug-likeness (QED) is 0.377. The molecule has 0 fully saturated rings. The van der Waals surface area contributed by atoms with E-state index in [4.69, 9.17) is 4.74 Å². The minimum atomic E-state index is -0.721. The van der Waals surface area contributed by atoms with Crippen molar-refractivity contribution in [3.8, 4) is 17.2 Å². The highest BCUT2D eigenvalue weighted by molar-refractivity contribution is 5.95. The molecule has 0 saturated heterocycles. The molecule has 0 radical (unpaired) electrons. The van der Waals surface area contributed by atoms with Crippen LogP contribution in [0.15, 0.2) is 73.1 Å². The molecule has 1 aromatic heterocycles. The Bertz CT molecular complexity index is 1300. The summed E-state index contributed by atoms with van der Waals surface area (Å²) in [6, 6.07) is 15.3. The van der Waals surface area contributed by atoms with E-state index in [0.717, 1.165) is 6.07 Å². The van der Waals surface area contributed by atoms with Crippen LogP contribution in [0.5, 0.6) is 11.5 Å². The zero-order chi connectivity index (χ0) is 23.9. The van der Waals surface area contributed by atoms with E-state index in [-0.39, 0.29) is 18.0 Å². The number of para-hydroxylation sites is 1. The molecule has 0 atom stereocenters. The molecule has 0 unspecified atom stereocenters. The minimum Gasteiger partial charge on any atom is -0.451 e.